The second kappa shape index (κ2) is 10.7. The fraction of sp³-hybridized carbons (Fsp3) is 0.875. The van der Waals surface area contributed by atoms with Crippen LogP contribution in [0.3, 0.4) is 0 Å². The molecule has 0 aliphatic heterocycles. The van der Waals surface area contributed by atoms with Crippen LogP contribution in [-0.4, -0.2) is 20.8 Å². The third-order valence-electron chi connectivity index (χ3n) is 3.96. The maximum Gasteiger partial charge on any atom is 0.138 e. The molecule has 1 atom stereocenters. The Morgan fingerprint density at radius 2 is 1.81 bits per heavy atom. The fourth-order valence-corrected chi connectivity index (χ4v) is 2.66. The molecule has 3 N–H and O–H groups in total. The van der Waals surface area contributed by atoms with Gasteiger partial charge in [-0.05, 0) is 20.3 Å². The molecule has 1 heterocycles. The molecule has 21 heavy (non-hydrogen) atoms. The first kappa shape index (κ1) is 18.1. The Kier molecular flexibility index (Phi) is 9.26. The summed E-state index contributed by atoms with van der Waals surface area (Å²) < 4.78 is 1.98. The maximum atomic E-state index is 5.69. The zero-order valence-corrected chi connectivity index (χ0v) is 14.0. The number of nitrogens with one attached hydrogen (secondary N) is 1. The first-order valence-corrected chi connectivity index (χ1v) is 8.53. The number of nitrogens with zero attached hydrogens (tertiary/aromatic N) is 3. The minimum Gasteiger partial charge on any atom is -0.271 e. The molecule has 0 bridgehead atoms. The molecule has 0 aliphatic rings. The monoisotopic (exact) mass is 295 g/mol. The summed E-state index contributed by atoms with van der Waals surface area (Å²) in [6.45, 7) is 6.51. The summed E-state index contributed by atoms with van der Waals surface area (Å²) >= 11 is 0. The number of nitrogens with two attached hydrogens (primary N) is 1. The number of rotatable bonds is 12. The Hall–Kier alpha value is -0.940. The van der Waals surface area contributed by atoms with Crippen LogP contribution < -0.4 is 11.3 Å². The van der Waals surface area contributed by atoms with Crippen molar-refractivity contribution in [3.63, 3.8) is 0 Å². The minimum absolute atomic E-state index is 0.294. The van der Waals surface area contributed by atoms with E-state index in [4.69, 9.17) is 5.84 Å². The van der Waals surface area contributed by atoms with E-state index in [1.54, 1.807) is 6.33 Å². The van der Waals surface area contributed by atoms with Gasteiger partial charge in [-0.1, -0.05) is 51.9 Å². The van der Waals surface area contributed by atoms with Gasteiger partial charge in [0.05, 0.1) is 0 Å². The van der Waals surface area contributed by atoms with Gasteiger partial charge in [0.15, 0.2) is 0 Å². The molecule has 1 rings (SSSR count). The predicted octanol–water partition coefficient (Wildman–Crippen LogP) is 3.37. The highest BCUT2D eigenvalue weighted by Crippen LogP contribution is 2.13. The molecule has 122 valence electrons. The van der Waals surface area contributed by atoms with E-state index in [9.17, 15) is 0 Å². The van der Waals surface area contributed by atoms with E-state index in [-0.39, 0.29) is 0 Å². The van der Waals surface area contributed by atoms with E-state index in [0.29, 0.717) is 12.1 Å². The second-order valence-corrected chi connectivity index (χ2v) is 6.19. The van der Waals surface area contributed by atoms with Crippen LogP contribution >= 0.6 is 0 Å². The lowest BCUT2D eigenvalue weighted by Gasteiger charge is -2.17. The zero-order valence-electron chi connectivity index (χ0n) is 14.0. The van der Waals surface area contributed by atoms with E-state index in [1.165, 1.54) is 44.9 Å². The van der Waals surface area contributed by atoms with Gasteiger partial charge in [-0.2, -0.15) is 5.10 Å². The van der Waals surface area contributed by atoms with Gasteiger partial charge >= 0.3 is 0 Å². The van der Waals surface area contributed by atoms with Crippen LogP contribution in [0.5, 0.6) is 0 Å². The van der Waals surface area contributed by atoms with Gasteiger partial charge in [0.1, 0.15) is 12.2 Å². The van der Waals surface area contributed by atoms with Crippen LogP contribution in [0.25, 0.3) is 0 Å². The maximum absolute atomic E-state index is 5.69. The van der Waals surface area contributed by atoms with Gasteiger partial charge in [-0.3, -0.25) is 11.3 Å². The Morgan fingerprint density at radius 1 is 1.14 bits per heavy atom. The van der Waals surface area contributed by atoms with E-state index >= 15 is 0 Å². The van der Waals surface area contributed by atoms with Crippen LogP contribution in [0.15, 0.2) is 6.33 Å². The smallest absolute Gasteiger partial charge is 0.138 e. The van der Waals surface area contributed by atoms with Gasteiger partial charge in [0.25, 0.3) is 0 Å². The van der Waals surface area contributed by atoms with E-state index in [1.807, 2.05) is 4.68 Å². The van der Waals surface area contributed by atoms with Crippen LogP contribution in [0.4, 0.5) is 0 Å². The van der Waals surface area contributed by atoms with Crippen LogP contribution in [0.2, 0.25) is 0 Å². The lowest BCUT2D eigenvalue weighted by atomic mass is 10.0. The van der Waals surface area contributed by atoms with Crippen molar-refractivity contribution in [2.45, 2.75) is 90.6 Å². The molecule has 0 aromatic carbocycles. The van der Waals surface area contributed by atoms with Crippen molar-refractivity contribution >= 4 is 0 Å². The number of hydrogen-bond acceptors (Lipinski definition) is 4. The van der Waals surface area contributed by atoms with Crippen LogP contribution in [0, 0.1) is 0 Å². The Morgan fingerprint density at radius 3 is 2.43 bits per heavy atom. The Bertz CT molecular complexity index is 361. The molecule has 0 amide bonds. The largest absolute Gasteiger partial charge is 0.271 e. The summed E-state index contributed by atoms with van der Waals surface area (Å²) in [6, 6.07) is 0.641. The van der Waals surface area contributed by atoms with Crippen LogP contribution in [0.1, 0.15) is 84.0 Å². The van der Waals surface area contributed by atoms with Crippen molar-refractivity contribution in [2.75, 3.05) is 0 Å². The lowest BCUT2D eigenvalue weighted by molar-refractivity contribution is 0.428. The summed E-state index contributed by atoms with van der Waals surface area (Å²) in [4.78, 5) is 4.36. The molecule has 0 radical (unpaired) electrons. The van der Waals surface area contributed by atoms with Gasteiger partial charge < -0.3 is 0 Å². The normalized spacial score (nSPS) is 13.0. The quantitative estimate of drug-likeness (QED) is 0.352. The third-order valence-corrected chi connectivity index (χ3v) is 3.96. The fourth-order valence-electron chi connectivity index (χ4n) is 2.66. The van der Waals surface area contributed by atoms with E-state index in [0.717, 1.165) is 18.7 Å². The van der Waals surface area contributed by atoms with Crippen molar-refractivity contribution in [2.24, 2.45) is 5.84 Å². The van der Waals surface area contributed by atoms with Crippen molar-refractivity contribution in [1.29, 1.82) is 0 Å². The van der Waals surface area contributed by atoms with Crippen LogP contribution in [-0.2, 0) is 6.42 Å². The summed E-state index contributed by atoms with van der Waals surface area (Å²) in [5.74, 6) is 6.71. The number of hydrogen-bond donors (Lipinski definition) is 2. The van der Waals surface area contributed by atoms with Gasteiger partial charge in [0, 0.05) is 18.5 Å². The first-order valence-electron chi connectivity index (χ1n) is 8.53. The Balaban J connectivity index is 2.24. The summed E-state index contributed by atoms with van der Waals surface area (Å²) in [5, 5.41) is 4.28. The van der Waals surface area contributed by atoms with E-state index in [2.05, 4.69) is 36.3 Å². The average molecular weight is 295 g/mol. The zero-order chi connectivity index (χ0) is 15.5. The number of unbranched alkanes of at least 4 members (excludes halogenated alkanes) is 6. The van der Waals surface area contributed by atoms with Crippen molar-refractivity contribution in [1.82, 2.24) is 20.2 Å². The first-order chi connectivity index (χ1) is 10.2. The highest BCUT2D eigenvalue weighted by atomic mass is 15.3. The number of hydrazine groups is 1. The van der Waals surface area contributed by atoms with Crippen molar-refractivity contribution in [3.8, 4) is 0 Å². The molecule has 0 saturated heterocycles. The molecular weight excluding hydrogens is 262 g/mol. The standard InChI is InChI=1S/C16H33N5/c1-4-5-6-7-8-9-10-11-15(20-17)12-16-18-13-19-21(16)14(2)3/h13-15,20H,4-12,17H2,1-3H3. The highest BCUT2D eigenvalue weighted by Gasteiger charge is 2.13. The Labute approximate surface area is 129 Å². The SMILES string of the molecule is CCCCCCCCCC(Cc1ncnn1C(C)C)NN. The molecule has 1 aromatic heterocycles. The molecule has 0 saturated carbocycles. The third kappa shape index (κ3) is 7.05. The molecule has 1 unspecified atom stereocenters. The highest BCUT2D eigenvalue weighted by molar-refractivity contribution is 4.90. The molecule has 5 heteroatoms. The molecule has 0 spiro atoms. The molecule has 0 fully saturated rings. The van der Waals surface area contributed by atoms with Crippen molar-refractivity contribution in [3.05, 3.63) is 12.2 Å². The van der Waals surface area contributed by atoms with Gasteiger partial charge in [0.2, 0.25) is 0 Å². The summed E-state index contributed by atoms with van der Waals surface area (Å²) in [6.07, 6.45) is 12.9. The lowest BCUT2D eigenvalue weighted by Crippen LogP contribution is -2.37. The number of aromatic nitrogens is 3. The molecule has 1 aromatic rings. The van der Waals surface area contributed by atoms with Gasteiger partial charge in [-0.25, -0.2) is 9.67 Å². The van der Waals surface area contributed by atoms with E-state index < -0.39 is 0 Å². The molecule has 0 aliphatic carbocycles. The second-order valence-electron chi connectivity index (χ2n) is 6.19. The summed E-state index contributed by atoms with van der Waals surface area (Å²) in [5.41, 5.74) is 2.94. The predicted molar refractivity (Wildman–Crippen MR) is 87.8 cm³/mol. The molecule has 5 nitrogen and oxygen atoms in total. The van der Waals surface area contributed by atoms with Crippen molar-refractivity contribution < 1.29 is 0 Å². The minimum atomic E-state index is 0.294. The topological polar surface area (TPSA) is 68.8 Å². The van der Waals surface area contributed by atoms with Gasteiger partial charge in [-0.15, -0.1) is 0 Å². The molecular formula is C16H33N5. The summed E-state index contributed by atoms with van der Waals surface area (Å²) in [7, 11) is 0. The average Bonchev–Trinajstić information content (AvgIpc) is 2.93.